The Morgan fingerprint density at radius 1 is 1.07 bits per heavy atom. The minimum absolute atomic E-state index is 0.306. The van der Waals surface area contributed by atoms with Crippen molar-refractivity contribution < 1.29 is 10.2 Å². The molecular formula is C13H30O2. The van der Waals surface area contributed by atoms with E-state index in [0.29, 0.717) is 18.4 Å². The van der Waals surface area contributed by atoms with Crippen LogP contribution in [0.1, 0.15) is 48.0 Å². The Hall–Kier alpha value is -0.340. The summed E-state index contributed by atoms with van der Waals surface area (Å²) < 4.78 is 0. The summed E-state index contributed by atoms with van der Waals surface area (Å²) in [5.74, 6) is 0.998. The zero-order valence-corrected chi connectivity index (χ0v) is 11.3. The third-order valence-electron chi connectivity index (χ3n) is 1.35. The van der Waals surface area contributed by atoms with Crippen molar-refractivity contribution in [1.29, 1.82) is 0 Å². The molecule has 0 aromatic carbocycles. The summed E-state index contributed by atoms with van der Waals surface area (Å²) >= 11 is 0. The van der Waals surface area contributed by atoms with E-state index >= 15 is 0 Å². The van der Waals surface area contributed by atoms with Crippen molar-refractivity contribution in [2.24, 2.45) is 11.8 Å². The lowest BCUT2D eigenvalue weighted by Crippen LogP contribution is -2.04. The Kier molecular flexibility index (Phi) is 21.6. The second kappa shape index (κ2) is 16.1. The predicted molar refractivity (Wildman–Crippen MR) is 68.9 cm³/mol. The number of aliphatic hydroxyl groups excluding tert-OH is 2. The van der Waals surface area contributed by atoms with Gasteiger partial charge in [-0.3, -0.25) is 0 Å². The summed E-state index contributed by atoms with van der Waals surface area (Å²) in [6, 6.07) is 0. The van der Waals surface area contributed by atoms with E-state index in [-0.39, 0.29) is 6.10 Å². The van der Waals surface area contributed by atoms with Crippen molar-refractivity contribution in [2.75, 3.05) is 6.61 Å². The quantitative estimate of drug-likeness (QED) is 0.711. The van der Waals surface area contributed by atoms with Crippen molar-refractivity contribution in [3.05, 3.63) is 12.7 Å². The summed E-state index contributed by atoms with van der Waals surface area (Å²) in [6.07, 6.45) is 2.08. The van der Waals surface area contributed by atoms with Crippen LogP contribution in [0.4, 0.5) is 0 Å². The summed E-state index contributed by atoms with van der Waals surface area (Å²) in [6.45, 7) is 15.9. The van der Waals surface area contributed by atoms with Gasteiger partial charge in [0.05, 0.1) is 6.10 Å². The average molecular weight is 218 g/mol. The van der Waals surface area contributed by atoms with Gasteiger partial charge in [-0.2, -0.15) is 0 Å². The molecule has 1 atom stereocenters. The topological polar surface area (TPSA) is 40.5 Å². The van der Waals surface area contributed by atoms with Gasteiger partial charge in [0.2, 0.25) is 0 Å². The van der Waals surface area contributed by atoms with Gasteiger partial charge >= 0.3 is 0 Å². The Morgan fingerprint density at radius 3 is 1.47 bits per heavy atom. The monoisotopic (exact) mass is 218 g/mol. The van der Waals surface area contributed by atoms with Crippen LogP contribution in [-0.2, 0) is 0 Å². The van der Waals surface area contributed by atoms with Crippen LogP contribution >= 0.6 is 0 Å². The highest BCUT2D eigenvalue weighted by molar-refractivity contribution is 4.78. The normalized spacial score (nSPS) is 11.1. The van der Waals surface area contributed by atoms with Crippen LogP contribution in [-0.4, -0.2) is 22.9 Å². The molecule has 0 radical (unpaired) electrons. The average Bonchev–Trinajstić information content (AvgIpc) is 2.20. The van der Waals surface area contributed by atoms with Crippen LogP contribution in [0.2, 0.25) is 0 Å². The predicted octanol–water partition coefficient (Wildman–Crippen LogP) is 3.24. The lowest BCUT2D eigenvalue weighted by molar-refractivity contribution is 0.195. The zero-order valence-electron chi connectivity index (χ0n) is 11.3. The van der Waals surface area contributed by atoms with Crippen molar-refractivity contribution in [3.63, 3.8) is 0 Å². The largest absolute Gasteiger partial charge is 0.396 e. The van der Waals surface area contributed by atoms with Crippen LogP contribution in [0, 0.1) is 11.8 Å². The van der Waals surface area contributed by atoms with E-state index in [1.807, 2.05) is 27.7 Å². The molecule has 0 bridgehead atoms. The molecule has 0 aliphatic carbocycles. The molecule has 2 nitrogen and oxygen atoms in total. The fourth-order valence-corrected chi connectivity index (χ4v) is 0.579. The summed E-state index contributed by atoms with van der Waals surface area (Å²) in [5, 5.41) is 17.1. The zero-order chi connectivity index (χ0) is 12.9. The molecule has 1 unspecified atom stereocenters. The molecular weight excluding hydrogens is 188 g/mol. The first-order chi connectivity index (χ1) is 6.93. The van der Waals surface area contributed by atoms with E-state index in [4.69, 9.17) is 10.2 Å². The smallest absolute Gasteiger partial charge is 0.0720 e. The van der Waals surface area contributed by atoms with Crippen LogP contribution < -0.4 is 0 Å². The molecule has 0 spiro atoms. The Labute approximate surface area is 96.0 Å². The summed E-state index contributed by atoms with van der Waals surface area (Å²) in [7, 11) is 0. The molecule has 0 rings (SSSR count). The highest BCUT2D eigenvalue weighted by atomic mass is 16.3. The maximum atomic E-state index is 8.91. The molecule has 15 heavy (non-hydrogen) atoms. The van der Waals surface area contributed by atoms with Crippen molar-refractivity contribution >= 4 is 0 Å². The standard InChI is InChI=1S/C7H14O.C4H10O.C2H6/c1-4-7(8)5-6(2)3;1-4(2)3-5;1-2/h4,6-8H,1,5H2,2-3H3;4-5H,3H2,1-2H3;1-2H3. The second-order valence-corrected chi connectivity index (χ2v) is 4.01. The molecule has 2 N–H and O–H groups in total. The molecule has 0 aliphatic rings. The molecule has 0 aliphatic heterocycles. The van der Waals surface area contributed by atoms with Gasteiger partial charge in [-0.1, -0.05) is 47.6 Å². The minimum Gasteiger partial charge on any atom is -0.396 e. The van der Waals surface area contributed by atoms with Crippen LogP contribution in [0.3, 0.4) is 0 Å². The molecule has 0 fully saturated rings. The minimum atomic E-state index is -0.310. The second-order valence-electron chi connectivity index (χ2n) is 4.01. The maximum absolute atomic E-state index is 8.91. The van der Waals surface area contributed by atoms with Gasteiger partial charge in [-0.15, -0.1) is 6.58 Å². The molecule has 0 amide bonds. The van der Waals surface area contributed by atoms with Gasteiger partial charge in [0.1, 0.15) is 0 Å². The first-order valence-corrected chi connectivity index (χ1v) is 5.85. The Bertz CT molecular complexity index is 109. The van der Waals surface area contributed by atoms with E-state index in [1.54, 1.807) is 6.08 Å². The highest BCUT2D eigenvalue weighted by Gasteiger charge is 1.99. The highest BCUT2D eigenvalue weighted by Crippen LogP contribution is 2.03. The lowest BCUT2D eigenvalue weighted by atomic mass is 10.1. The van der Waals surface area contributed by atoms with Gasteiger partial charge in [0, 0.05) is 6.61 Å². The van der Waals surface area contributed by atoms with Crippen molar-refractivity contribution in [3.8, 4) is 0 Å². The van der Waals surface area contributed by atoms with E-state index in [9.17, 15) is 0 Å². The van der Waals surface area contributed by atoms with E-state index < -0.39 is 0 Å². The SMILES string of the molecule is C=CC(O)CC(C)C.CC.CC(C)CO. The van der Waals surface area contributed by atoms with E-state index in [2.05, 4.69) is 20.4 Å². The van der Waals surface area contributed by atoms with Gasteiger partial charge in [0.25, 0.3) is 0 Å². The number of hydrogen-bond acceptors (Lipinski definition) is 2. The summed E-state index contributed by atoms with van der Waals surface area (Å²) in [5.41, 5.74) is 0. The first kappa shape index (κ1) is 20.1. The van der Waals surface area contributed by atoms with Gasteiger partial charge < -0.3 is 10.2 Å². The van der Waals surface area contributed by atoms with Gasteiger partial charge in [0.15, 0.2) is 0 Å². The fraction of sp³-hybridized carbons (Fsp3) is 0.846. The third-order valence-corrected chi connectivity index (χ3v) is 1.35. The molecule has 0 saturated carbocycles. The van der Waals surface area contributed by atoms with Crippen LogP contribution in [0.5, 0.6) is 0 Å². The molecule has 0 saturated heterocycles. The van der Waals surface area contributed by atoms with Gasteiger partial charge in [-0.05, 0) is 18.3 Å². The molecule has 0 aromatic rings. The van der Waals surface area contributed by atoms with Crippen LogP contribution in [0.15, 0.2) is 12.7 Å². The number of aliphatic hydroxyl groups is 2. The molecule has 2 heteroatoms. The van der Waals surface area contributed by atoms with Crippen molar-refractivity contribution in [1.82, 2.24) is 0 Å². The number of rotatable bonds is 4. The van der Waals surface area contributed by atoms with E-state index in [0.717, 1.165) is 6.42 Å². The first-order valence-electron chi connectivity index (χ1n) is 5.85. The van der Waals surface area contributed by atoms with E-state index in [1.165, 1.54) is 0 Å². The summed E-state index contributed by atoms with van der Waals surface area (Å²) in [4.78, 5) is 0. The number of hydrogen-bond donors (Lipinski definition) is 2. The lowest BCUT2D eigenvalue weighted by Gasteiger charge is -2.06. The maximum Gasteiger partial charge on any atom is 0.0720 e. The third kappa shape index (κ3) is 31.7. The fourth-order valence-electron chi connectivity index (χ4n) is 0.579. The Balaban J connectivity index is -0.000000177. The molecule has 94 valence electrons. The molecule has 0 aromatic heterocycles. The van der Waals surface area contributed by atoms with Crippen LogP contribution in [0.25, 0.3) is 0 Å². The Morgan fingerprint density at radius 2 is 1.40 bits per heavy atom. The molecule has 0 heterocycles. The van der Waals surface area contributed by atoms with Gasteiger partial charge in [-0.25, -0.2) is 0 Å². The van der Waals surface area contributed by atoms with Crippen molar-refractivity contribution in [2.45, 2.75) is 54.1 Å².